The molecule has 0 spiro atoms. The van der Waals surface area contributed by atoms with E-state index in [4.69, 9.17) is 4.52 Å². The molecule has 3 aromatic rings. The Labute approximate surface area is 181 Å². The Morgan fingerprint density at radius 3 is 2.39 bits per heavy atom. The molecular formula is C24H26N4O3. The maximum Gasteiger partial charge on any atom is 0.238 e. The number of hydrogen-bond acceptors (Lipinski definition) is 6. The number of rotatable bonds is 6. The van der Waals surface area contributed by atoms with Gasteiger partial charge >= 0.3 is 0 Å². The summed E-state index contributed by atoms with van der Waals surface area (Å²) < 4.78 is 5.53. The molecule has 2 aromatic carbocycles. The first-order chi connectivity index (χ1) is 15.0. The number of hydrogen-bond donors (Lipinski definition) is 1. The summed E-state index contributed by atoms with van der Waals surface area (Å²) in [6.45, 7) is 5.49. The summed E-state index contributed by atoms with van der Waals surface area (Å²) in [5.74, 6) is 1.45. The van der Waals surface area contributed by atoms with E-state index in [1.165, 1.54) is 12.5 Å². The predicted octanol–water partition coefficient (Wildman–Crippen LogP) is 4.07. The van der Waals surface area contributed by atoms with Crippen LogP contribution in [0.2, 0.25) is 0 Å². The van der Waals surface area contributed by atoms with E-state index in [2.05, 4.69) is 20.4 Å². The van der Waals surface area contributed by atoms with Gasteiger partial charge in [-0.15, -0.1) is 0 Å². The van der Waals surface area contributed by atoms with Gasteiger partial charge in [0.25, 0.3) is 0 Å². The van der Waals surface area contributed by atoms with Gasteiger partial charge in [0.1, 0.15) is 0 Å². The first kappa shape index (κ1) is 20.9. The molecule has 1 N–H and O–H groups in total. The number of nitrogens with zero attached hydrogens (tertiary/aromatic N) is 3. The topological polar surface area (TPSA) is 88.3 Å². The third kappa shape index (κ3) is 5.24. The molecule has 1 aromatic heterocycles. The Hall–Kier alpha value is -3.32. The lowest BCUT2D eigenvalue weighted by molar-refractivity contribution is -0.117. The Bertz CT molecular complexity index is 1050. The number of anilines is 1. The van der Waals surface area contributed by atoms with E-state index in [0.29, 0.717) is 29.5 Å². The van der Waals surface area contributed by atoms with Crippen LogP contribution in [0, 0.1) is 6.92 Å². The smallest absolute Gasteiger partial charge is 0.238 e. The van der Waals surface area contributed by atoms with Gasteiger partial charge in [-0.3, -0.25) is 14.5 Å². The van der Waals surface area contributed by atoms with Gasteiger partial charge in [-0.2, -0.15) is 4.98 Å². The van der Waals surface area contributed by atoms with Crippen molar-refractivity contribution in [1.29, 1.82) is 0 Å². The van der Waals surface area contributed by atoms with Gasteiger partial charge in [-0.1, -0.05) is 35.0 Å². The lowest BCUT2D eigenvalue weighted by Gasteiger charge is -2.29. The second-order valence-corrected chi connectivity index (χ2v) is 8.05. The van der Waals surface area contributed by atoms with Gasteiger partial charge in [0, 0.05) is 22.7 Å². The standard InChI is InChI=1S/C24H26N4O3/c1-16-3-5-19(6-4-16)23-26-24(31-27-23)20-11-13-28(14-12-20)15-22(30)25-21-9-7-18(8-10-21)17(2)29/h3-10,20H,11-15H2,1-2H3,(H,25,30). The molecule has 0 saturated carbocycles. The average molecular weight is 418 g/mol. The number of benzene rings is 2. The number of aryl methyl sites for hydroxylation is 1. The van der Waals surface area contributed by atoms with E-state index in [9.17, 15) is 9.59 Å². The van der Waals surface area contributed by atoms with Gasteiger partial charge in [0.15, 0.2) is 5.78 Å². The molecule has 1 aliphatic rings. The third-order valence-electron chi connectivity index (χ3n) is 5.63. The van der Waals surface area contributed by atoms with Crippen LogP contribution in [0.3, 0.4) is 0 Å². The number of nitrogens with one attached hydrogen (secondary N) is 1. The molecule has 7 heteroatoms. The summed E-state index contributed by atoms with van der Waals surface area (Å²) in [5, 5.41) is 7.03. The Morgan fingerprint density at radius 2 is 1.74 bits per heavy atom. The molecule has 1 amide bonds. The molecular weight excluding hydrogens is 392 g/mol. The molecule has 0 unspecified atom stereocenters. The van der Waals surface area contributed by atoms with Gasteiger partial charge in [0.05, 0.1) is 6.54 Å². The molecule has 1 fully saturated rings. The highest BCUT2D eigenvalue weighted by Gasteiger charge is 2.26. The average Bonchev–Trinajstić information content (AvgIpc) is 3.25. The van der Waals surface area contributed by atoms with Crippen LogP contribution in [0.15, 0.2) is 53.1 Å². The van der Waals surface area contributed by atoms with Crippen molar-refractivity contribution in [2.45, 2.75) is 32.6 Å². The van der Waals surface area contributed by atoms with Crippen molar-refractivity contribution in [3.05, 3.63) is 65.5 Å². The number of carbonyl (C=O) groups excluding carboxylic acids is 2. The minimum atomic E-state index is -0.0616. The number of Topliss-reactive ketones (excluding diaryl/α,β-unsaturated/α-hetero) is 1. The monoisotopic (exact) mass is 418 g/mol. The maximum atomic E-state index is 12.4. The highest BCUT2D eigenvalue weighted by Crippen LogP contribution is 2.28. The molecule has 0 atom stereocenters. The van der Waals surface area contributed by atoms with E-state index < -0.39 is 0 Å². The fourth-order valence-electron chi connectivity index (χ4n) is 3.75. The third-order valence-corrected chi connectivity index (χ3v) is 5.63. The van der Waals surface area contributed by atoms with Crippen LogP contribution in [0.25, 0.3) is 11.4 Å². The lowest BCUT2D eigenvalue weighted by atomic mass is 9.97. The molecule has 160 valence electrons. The fourth-order valence-corrected chi connectivity index (χ4v) is 3.75. The number of likely N-dealkylation sites (tertiary alicyclic amines) is 1. The fraction of sp³-hybridized carbons (Fsp3) is 0.333. The van der Waals surface area contributed by atoms with Gasteiger partial charge in [-0.05, 0) is 64.0 Å². The summed E-state index contributed by atoms with van der Waals surface area (Å²) in [4.78, 5) is 30.4. The number of amides is 1. The molecule has 2 heterocycles. The van der Waals surface area contributed by atoms with Crippen molar-refractivity contribution in [2.75, 3.05) is 25.0 Å². The molecule has 0 radical (unpaired) electrons. The number of ketones is 1. The van der Waals surface area contributed by atoms with Crippen molar-refractivity contribution in [1.82, 2.24) is 15.0 Å². The normalized spacial score (nSPS) is 15.0. The van der Waals surface area contributed by atoms with E-state index in [1.54, 1.807) is 24.3 Å². The van der Waals surface area contributed by atoms with E-state index in [0.717, 1.165) is 31.5 Å². The first-order valence-corrected chi connectivity index (χ1v) is 10.5. The maximum absolute atomic E-state index is 12.4. The second kappa shape index (κ2) is 9.22. The van der Waals surface area contributed by atoms with Crippen molar-refractivity contribution >= 4 is 17.4 Å². The van der Waals surface area contributed by atoms with Crippen LogP contribution in [-0.2, 0) is 4.79 Å². The number of aromatic nitrogens is 2. The quantitative estimate of drug-likeness (QED) is 0.607. The Morgan fingerprint density at radius 1 is 1.06 bits per heavy atom. The molecule has 7 nitrogen and oxygen atoms in total. The van der Waals surface area contributed by atoms with Crippen molar-refractivity contribution in [3.8, 4) is 11.4 Å². The summed E-state index contributed by atoms with van der Waals surface area (Å²) in [6.07, 6.45) is 1.74. The van der Waals surface area contributed by atoms with Crippen LogP contribution in [-0.4, -0.2) is 46.4 Å². The zero-order chi connectivity index (χ0) is 21.8. The summed E-state index contributed by atoms with van der Waals surface area (Å²) in [7, 11) is 0. The van der Waals surface area contributed by atoms with Crippen LogP contribution in [0.1, 0.15) is 47.5 Å². The van der Waals surface area contributed by atoms with Crippen LogP contribution in [0.4, 0.5) is 5.69 Å². The van der Waals surface area contributed by atoms with E-state index in [1.807, 2.05) is 31.2 Å². The van der Waals surface area contributed by atoms with Gasteiger partial charge < -0.3 is 9.84 Å². The zero-order valence-corrected chi connectivity index (χ0v) is 17.8. The first-order valence-electron chi connectivity index (χ1n) is 10.5. The van der Waals surface area contributed by atoms with Crippen molar-refractivity contribution in [2.24, 2.45) is 0 Å². The molecule has 31 heavy (non-hydrogen) atoms. The molecule has 0 aliphatic carbocycles. The van der Waals surface area contributed by atoms with Crippen molar-refractivity contribution < 1.29 is 14.1 Å². The number of piperidine rings is 1. The van der Waals surface area contributed by atoms with E-state index >= 15 is 0 Å². The molecule has 0 bridgehead atoms. The van der Waals surface area contributed by atoms with Crippen LogP contribution in [0.5, 0.6) is 0 Å². The molecule has 1 aliphatic heterocycles. The highest BCUT2D eigenvalue weighted by molar-refractivity contribution is 5.96. The van der Waals surface area contributed by atoms with Gasteiger partial charge in [-0.25, -0.2) is 0 Å². The van der Waals surface area contributed by atoms with Gasteiger partial charge in [0.2, 0.25) is 17.6 Å². The molecule has 4 rings (SSSR count). The number of carbonyl (C=O) groups is 2. The Balaban J connectivity index is 1.27. The zero-order valence-electron chi connectivity index (χ0n) is 17.8. The molecule has 1 saturated heterocycles. The largest absolute Gasteiger partial charge is 0.339 e. The summed E-state index contributed by atoms with van der Waals surface area (Å²) in [5.41, 5.74) is 3.47. The predicted molar refractivity (Wildman–Crippen MR) is 118 cm³/mol. The SMILES string of the molecule is CC(=O)c1ccc(NC(=O)CN2CCC(c3nc(-c4ccc(C)cc4)no3)CC2)cc1. The minimum absolute atomic E-state index is 0.00739. The second-order valence-electron chi connectivity index (χ2n) is 8.05. The highest BCUT2D eigenvalue weighted by atomic mass is 16.5. The van der Waals surface area contributed by atoms with E-state index in [-0.39, 0.29) is 17.6 Å². The Kier molecular flexibility index (Phi) is 6.23. The minimum Gasteiger partial charge on any atom is -0.339 e. The lowest BCUT2D eigenvalue weighted by Crippen LogP contribution is -2.38. The summed E-state index contributed by atoms with van der Waals surface area (Å²) in [6, 6.07) is 15.0. The van der Waals surface area contributed by atoms with Crippen molar-refractivity contribution in [3.63, 3.8) is 0 Å². The van der Waals surface area contributed by atoms with Crippen LogP contribution < -0.4 is 5.32 Å². The van der Waals surface area contributed by atoms with Crippen LogP contribution >= 0.6 is 0 Å². The summed E-state index contributed by atoms with van der Waals surface area (Å²) >= 11 is 0.